The topological polar surface area (TPSA) is 63.8 Å². The minimum atomic E-state index is 0. The SMILES string of the molecule is Cl.NCCNc1nc(-c2ccc(I)cc2)nc2ccccc12. The zero-order valence-corrected chi connectivity index (χ0v) is 14.8. The zero-order valence-electron chi connectivity index (χ0n) is 11.8. The van der Waals surface area contributed by atoms with Crippen LogP contribution in [-0.2, 0) is 0 Å². The molecule has 3 rings (SSSR count). The summed E-state index contributed by atoms with van der Waals surface area (Å²) >= 11 is 2.29. The molecule has 3 N–H and O–H groups in total. The smallest absolute Gasteiger partial charge is 0.162 e. The largest absolute Gasteiger partial charge is 0.368 e. The number of nitrogens with two attached hydrogens (primary N) is 1. The fraction of sp³-hybridized carbons (Fsp3) is 0.125. The molecule has 0 saturated heterocycles. The van der Waals surface area contributed by atoms with Gasteiger partial charge in [0.15, 0.2) is 5.82 Å². The Kier molecular flexibility index (Phi) is 5.93. The molecule has 6 heteroatoms. The van der Waals surface area contributed by atoms with Crippen molar-refractivity contribution >= 4 is 51.7 Å². The molecule has 0 aliphatic rings. The molecule has 0 atom stereocenters. The van der Waals surface area contributed by atoms with Gasteiger partial charge < -0.3 is 11.1 Å². The normalized spacial score (nSPS) is 10.3. The number of hydrogen-bond acceptors (Lipinski definition) is 4. The zero-order chi connectivity index (χ0) is 14.7. The van der Waals surface area contributed by atoms with E-state index in [4.69, 9.17) is 5.73 Å². The molecule has 4 nitrogen and oxygen atoms in total. The van der Waals surface area contributed by atoms with Crippen LogP contribution in [0, 0.1) is 3.57 Å². The first-order chi connectivity index (χ1) is 10.3. The van der Waals surface area contributed by atoms with Crippen LogP contribution in [0.4, 0.5) is 5.82 Å². The molecule has 0 aliphatic heterocycles. The molecule has 0 bridgehead atoms. The lowest BCUT2D eigenvalue weighted by Gasteiger charge is -2.10. The number of anilines is 1. The van der Waals surface area contributed by atoms with Gasteiger partial charge in [0.25, 0.3) is 0 Å². The monoisotopic (exact) mass is 426 g/mol. The van der Waals surface area contributed by atoms with Gasteiger partial charge >= 0.3 is 0 Å². The molecule has 22 heavy (non-hydrogen) atoms. The van der Waals surface area contributed by atoms with E-state index in [9.17, 15) is 0 Å². The van der Waals surface area contributed by atoms with Gasteiger partial charge in [-0.15, -0.1) is 12.4 Å². The molecule has 114 valence electrons. The third-order valence-corrected chi connectivity index (χ3v) is 3.86. The van der Waals surface area contributed by atoms with Crippen molar-refractivity contribution in [2.75, 3.05) is 18.4 Å². The minimum Gasteiger partial charge on any atom is -0.368 e. The molecule has 0 spiro atoms. The van der Waals surface area contributed by atoms with Crippen molar-refractivity contribution in [3.63, 3.8) is 0 Å². The lowest BCUT2D eigenvalue weighted by atomic mass is 10.2. The van der Waals surface area contributed by atoms with E-state index in [1.807, 2.05) is 36.4 Å². The maximum absolute atomic E-state index is 5.58. The molecule has 0 radical (unpaired) electrons. The van der Waals surface area contributed by atoms with Crippen LogP contribution >= 0.6 is 35.0 Å². The van der Waals surface area contributed by atoms with Gasteiger partial charge in [0.1, 0.15) is 5.82 Å². The van der Waals surface area contributed by atoms with E-state index in [-0.39, 0.29) is 12.4 Å². The molecule has 2 aromatic carbocycles. The minimum absolute atomic E-state index is 0. The molecule has 3 aromatic rings. The summed E-state index contributed by atoms with van der Waals surface area (Å²) in [5.74, 6) is 1.56. The number of para-hydroxylation sites is 1. The molecule has 0 fully saturated rings. The van der Waals surface area contributed by atoms with E-state index in [2.05, 4.69) is 50.0 Å². The molecule has 0 amide bonds. The average molecular weight is 427 g/mol. The maximum atomic E-state index is 5.58. The molecule has 0 aliphatic carbocycles. The average Bonchev–Trinajstić information content (AvgIpc) is 2.53. The summed E-state index contributed by atoms with van der Waals surface area (Å²) in [6.07, 6.45) is 0. The highest BCUT2D eigenvalue weighted by atomic mass is 127. The fourth-order valence-electron chi connectivity index (χ4n) is 2.13. The van der Waals surface area contributed by atoms with Gasteiger partial charge in [-0.05, 0) is 46.9 Å². The Balaban J connectivity index is 0.00000176. The summed E-state index contributed by atoms with van der Waals surface area (Å²) in [6.45, 7) is 1.25. The Bertz CT molecular complexity index is 762. The summed E-state index contributed by atoms with van der Waals surface area (Å²) in [6, 6.07) is 16.2. The summed E-state index contributed by atoms with van der Waals surface area (Å²) in [5, 5.41) is 4.30. The molecule has 1 aromatic heterocycles. The first-order valence-corrected chi connectivity index (χ1v) is 7.82. The number of nitrogens with zero attached hydrogens (tertiary/aromatic N) is 2. The molecule has 1 heterocycles. The Morgan fingerprint density at radius 2 is 1.73 bits per heavy atom. The first kappa shape index (κ1) is 16.9. The van der Waals surface area contributed by atoms with Crippen molar-refractivity contribution in [3.8, 4) is 11.4 Å². The number of aromatic nitrogens is 2. The van der Waals surface area contributed by atoms with E-state index >= 15 is 0 Å². The Morgan fingerprint density at radius 1 is 1.00 bits per heavy atom. The lowest BCUT2D eigenvalue weighted by Crippen LogP contribution is -2.14. The van der Waals surface area contributed by atoms with Crippen LogP contribution in [0.5, 0.6) is 0 Å². The predicted octanol–water partition coefficient (Wildman–Crippen LogP) is 3.69. The van der Waals surface area contributed by atoms with Gasteiger partial charge in [0.05, 0.1) is 5.52 Å². The summed E-state index contributed by atoms with van der Waals surface area (Å²) in [4.78, 5) is 9.32. The second-order valence-electron chi connectivity index (χ2n) is 4.64. The number of halogens is 2. The standard InChI is InChI=1S/C16H15IN4.ClH/c17-12-7-5-11(6-8-12)15-20-14-4-2-1-3-13(14)16(21-15)19-10-9-18;/h1-8H,9-10,18H2,(H,19,20,21);1H. The molecule has 0 unspecified atom stereocenters. The van der Waals surface area contributed by atoms with Crippen LogP contribution in [-0.4, -0.2) is 23.1 Å². The van der Waals surface area contributed by atoms with Crippen molar-refractivity contribution in [1.82, 2.24) is 9.97 Å². The van der Waals surface area contributed by atoms with Crippen LogP contribution in [0.25, 0.3) is 22.3 Å². The number of nitrogens with one attached hydrogen (secondary N) is 1. The van der Waals surface area contributed by atoms with E-state index in [0.29, 0.717) is 13.1 Å². The number of hydrogen-bond donors (Lipinski definition) is 2. The summed E-state index contributed by atoms with van der Waals surface area (Å²) < 4.78 is 1.19. The first-order valence-electron chi connectivity index (χ1n) is 6.74. The van der Waals surface area contributed by atoms with Gasteiger partial charge in [0, 0.05) is 27.6 Å². The van der Waals surface area contributed by atoms with Crippen LogP contribution < -0.4 is 11.1 Å². The van der Waals surface area contributed by atoms with Gasteiger partial charge in [-0.3, -0.25) is 0 Å². The van der Waals surface area contributed by atoms with E-state index in [0.717, 1.165) is 28.1 Å². The van der Waals surface area contributed by atoms with Gasteiger partial charge in [-0.2, -0.15) is 0 Å². The van der Waals surface area contributed by atoms with Crippen molar-refractivity contribution < 1.29 is 0 Å². The third-order valence-electron chi connectivity index (χ3n) is 3.14. The summed E-state index contributed by atoms with van der Waals surface area (Å²) in [5.41, 5.74) is 7.52. The lowest BCUT2D eigenvalue weighted by molar-refractivity contribution is 1.01. The second-order valence-corrected chi connectivity index (χ2v) is 5.88. The number of benzene rings is 2. The Labute approximate surface area is 149 Å². The van der Waals surface area contributed by atoms with E-state index < -0.39 is 0 Å². The predicted molar refractivity (Wildman–Crippen MR) is 102 cm³/mol. The highest BCUT2D eigenvalue weighted by Crippen LogP contribution is 2.25. The Hall–Kier alpha value is -1.44. The van der Waals surface area contributed by atoms with Gasteiger partial charge in [0.2, 0.25) is 0 Å². The molecular formula is C16H16ClIN4. The molecule has 0 saturated carbocycles. The number of rotatable bonds is 4. The fourth-order valence-corrected chi connectivity index (χ4v) is 2.49. The van der Waals surface area contributed by atoms with Crippen molar-refractivity contribution in [2.45, 2.75) is 0 Å². The van der Waals surface area contributed by atoms with Gasteiger partial charge in [-0.1, -0.05) is 24.3 Å². The van der Waals surface area contributed by atoms with E-state index in [1.165, 1.54) is 3.57 Å². The number of fused-ring (bicyclic) bond motifs is 1. The Morgan fingerprint density at radius 3 is 2.45 bits per heavy atom. The van der Waals surface area contributed by atoms with E-state index in [1.54, 1.807) is 0 Å². The van der Waals surface area contributed by atoms with Crippen LogP contribution in [0.15, 0.2) is 48.5 Å². The van der Waals surface area contributed by atoms with Crippen LogP contribution in [0.2, 0.25) is 0 Å². The highest BCUT2D eigenvalue weighted by Gasteiger charge is 2.08. The quantitative estimate of drug-likeness (QED) is 0.625. The molecular weight excluding hydrogens is 411 g/mol. The van der Waals surface area contributed by atoms with Gasteiger partial charge in [-0.25, -0.2) is 9.97 Å². The van der Waals surface area contributed by atoms with Crippen molar-refractivity contribution in [3.05, 3.63) is 52.1 Å². The van der Waals surface area contributed by atoms with Crippen molar-refractivity contribution in [1.29, 1.82) is 0 Å². The summed E-state index contributed by atoms with van der Waals surface area (Å²) in [7, 11) is 0. The third kappa shape index (κ3) is 3.66. The van der Waals surface area contributed by atoms with Crippen molar-refractivity contribution in [2.24, 2.45) is 5.73 Å². The van der Waals surface area contributed by atoms with Crippen LogP contribution in [0.1, 0.15) is 0 Å². The maximum Gasteiger partial charge on any atom is 0.162 e. The van der Waals surface area contributed by atoms with Crippen LogP contribution in [0.3, 0.4) is 0 Å². The second kappa shape index (κ2) is 7.71. The highest BCUT2D eigenvalue weighted by molar-refractivity contribution is 14.1.